The van der Waals surface area contributed by atoms with E-state index >= 15 is 0 Å². The van der Waals surface area contributed by atoms with Crippen LogP contribution in [0.3, 0.4) is 0 Å². The highest BCUT2D eigenvalue weighted by molar-refractivity contribution is 6.21. The van der Waals surface area contributed by atoms with Crippen molar-refractivity contribution >= 4 is 11.8 Å². The summed E-state index contributed by atoms with van der Waals surface area (Å²) in [6, 6.07) is 7.08. The zero-order valence-corrected chi connectivity index (χ0v) is 12.8. The topological polar surface area (TPSA) is 37.4 Å². The van der Waals surface area contributed by atoms with Gasteiger partial charge < -0.3 is 4.48 Å². The minimum atomic E-state index is -0.133. The maximum atomic E-state index is 12.5. The number of fused-ring (bicyclic) bond motifs is 1. The summed E-state index contributed by atoms with van der Waals surface area (Å²) < 4.78 is 0.967. The molecule has 0 saturated carbocycles. The molecule has 0 bridgehead atoms. The largest absolute Gasteiger partial charge is 0.324 e. The van der Waals surface area contributed by atoms with Gasteiger partial charge in [-0.05, 0) is 38.3 Å². The monoisotopic (exact) mass is 287 g/mol. The second-order valence-corrected chi connectivity index (χ2v) is 6.68. The molecule has 0 spiro atoms. The molecule has 1 fully saturated rings. The van der Waals surface area contributed by atoms with Gasteiger partial charge in [0.15, 0.2) is 0 Å². The number of benzene rings is 1. The number of piperidine rings is 1. The maximum absolute atomic E-state index is 12.5. The highest BCUT2D eigenvalue weighted by atomic mass is 16.2. The molecule has 1 saturated heterocycles. The van der Waals surface area contributed by atoms with Crippen molar-refractivity contribution in [1.29, 1.82) is 0 Å². The summed E-state index contributed by atoms with van der Waals surface area (Å²) >= 11 is 0. The molecule has 21 heavy (non-hydrogen) atoms. The smallest absolute Gasteiger partial charge is 0.262 e. The summed E-state index contributed by atoms with van der Waals surface area (Å²) in [6.45, 7) is 5.15. The Morgan fingerprint density at radius 2 is 1.57 bits per heavy atom. The third-order valence-electron chi connectivity index (χ3n) is 4.87. The fraction of sp³-hybridized carbons (Fsp3) is 0.529. The number of carbonyl (C=O) groups is 2. The molecule has 1 aromatic carbocycles. The van der Waals surface area contributed by atoms with E-state index in [4.69, 9.17) is 0 Å². The molecular formula is C17H23N2O2+. The lowest BCUT2D eigenvalue weighted by Gasteiger charge is -2.40. The van der Waals surface area contributed by atoms with Gasteiger partial charge in [0.2, 0.25) is 0 Å². The zero-order valence-electron chi connectivity index (χ0n) is 12.8. The average Bonchev–Trinajstić information content (AvgIpc) is 2.72. The molecule has 2 aliphatic heterocycles. The molecule has 1 unspecified atom stereocenters. The molecule has 0 aromatic heterocycles. The van der Waals surface area contributed by atoms with Gasteiger partial charge in [0.1, 0.15) is 0 Å². The van der Waals surface area contributed by atoms with Crippen LogP contribution in [0.5, 0.6) is 0 Å². The normalized spacial score (nSPS) is 22.3. The van der Waals surface area contributed by atoms with Gasteiger partial charge in [-0.1, -0.05) is 12.1 Å². The van der Waals surface area contributed by atoms with Crippen molar-refractivity contribution in [3.63, 3.8) is 0 Å². The average molecular weight is 287 g/mol. The van der Waals surface area contributed by atoms with Gasteiger partial charge in [0.05, 0.1) is 43.9 Å². The molecule has 4 nitrogen and oxygen atoms in total. The van der Waals surface area contributed by atoms with Crippen LogP contribution >= 0.6 is 0 Å². The predicted octanol–water partition coefficient (Wildman–Crippen LogP) is 2.30. The van der Waals surface area contributed by atoms with E-state index in [0.717, 1.165) is 24.1 Å². The number of hydrogen-bond acceptors (Lipinski definition) is 2. The van der Waals surface area contributed by atoms with Gasteiger partial charge in [-0.15, -0.1) is 0 Å². The molecule has 2 amide bonds. The van der Waals surface area contributed by atoms with Gasteiger partial charge >= 0.3 is 0 Å². The molecule has 0 radical (unpaired) electrons. The Balaban J connectivity index is 1.78. The third-order valence-corrected chi connectivity index (χ3v) is 4.87. The highest BCUT2D eigenvalue weighted by Gasteiger charge is 2.40. The standard InChI is InChI=1S/C17H23N2O2/c1-13(12-19(2)10-6-3-7-11-19)18-16(20)14-8-4-5-9-15(14)17(18)21/h4-5,8-9,13H,3,6-7,10-12H2,1-2H3/q+1. The second kappa shape index (κ2) is 5.26. The van der Waals surface area contributed by atoms with E-state index in [2.05, 4.69) is 7.05 Å². The molecule has 3 rings (SSSR count). The predicted molar refractivity (Wildman–Crippen MR) is 81.0 cm³/mol. The van der Waals surface area contributed by atoms with E-state index in [1.54, 1.807) is 12.1 Å². The fourth-order valence-electron chi connectivity index (χ4n) is 3.79. The van der Waals surface area contributed by atoms with Crippen LogP contribution in [-0.4, -0.2) is 53.9 Å². The van der Waals surface area contributed by atoms with Crippen LogP contribution in [0.4, 0.5) is 0 Å². The van der Waals surface area contributed by atoms with E-state index in [9.17, 15) is 9.59 Å². The Bertz CT molecular complexity index is 541. The first kappa shape index (κ1) is 14.3. The quantitative estimate of drug-likeness (QED) is 0.632. The zero-order chi connectivity index (χ0) is 15.0. The first-order valence-electron chi connectivity index (χ1n) is 7.82. The first-order valence-corrected chi connectivity index (χ1v) is 7.82. The summed E-state index contributed by atoms with van der Waals surface area (Å²) in [7, 11) is 2.24. The second-order valence-electron chi connectivity index (χ2n) is 6.68. The Kier molecular flexibility index (Phi) is 3.57. The minimum absolute atomic E-state index is 0.0551. The highest BCUT2D eigenvalue weighted by Crippen LogP contribution is 2.26. The van der Waals surface area contributed by atoms with Gasteiger partial charge in [-0.2, -0.15) is 0 Å². The van der Waals surface area contributed by atoms with Crippen LogP contribution in [0.15, 0.2) is 24.3 Å². The van der Waals surface area contributed by atoms with Gasteiger partial charge in [-0.25, -0.2) is 0 Å². The first-order chi connectivity index (χ1) is 10.0. The lowest BCUT2D eigenvalue weighted by molar-refractivity contribution is -0.915. The van der Waals surface area contributed by atoms with E-state index < -0.39 is 0 Å². The number of nitrogens with zero attached hydrogens (tertiary/aromatic N) is 2. The minimum Gasteiger partial charge on any atom is -0.324 e. The van der Waals surface area contributed by atoms with Crippen LogP contribution in [-0.2, 0) is 0 Å². The number of hydrogen-bond donors (Lipinski definition) is 0. The summed E-state index contributed by atoms with van der Waals surface area (Å²) in [5, 5.41) is 0. The van der Waals surface area contributed by atoms with Crippen molar-refractivity contribution in [2.45, 2.75) is 32.2 Å². The van der Waals surface area contributed by atoms with Crippen LogP contribution in [0.2, 0.25) is 0 Å². The van der Waals surface area contributed by atoms with Crippen molar-refractivity contribution in [3.8, 4) is 0 Å². The lowest BCUT2D eigenvalue weighted by atomic mass is 10.1. The number of imide groups is 1. The summed E-state index contributed by atoms with van der Waals surface area (Å²) in [5.41, 5.74) is 1.10. The summed E-state index contributed by atoms with van der Waals surface area (Å²) in [6.07, 6.45) is 3.78. The molecule has 0 aliphatic carbocycles. The van der Waals surface area contributed by atoms with E-state index in [1.165, 1.54) is 24.2 Å². The fourth-order valence-corrected chi connectivity index (χ4v) is 3.79. The van der Waals surface area contributed by atoms with Crippen molar-refractivity contribution in [3.05, 3.63) is 35.4 Å². The van der Waals surface area contributed by atoms with Crippen LogP contribution in [0.25, 0.3) is 0 Å². The van der Waals surface area contributed by atoms with Crippen LogP contribution < -0.4 is 0 Å². The molecule has 4 heteroatoms. The number of likely N-dealkylation sites (N-methyl/N-ethyl adjacent to an activating group) is 1. The molecule has 0 N–H and O–H groups in total. The van der Waals surface area contributed by atoms with E-state index in [-0.39, 0.29) is 17.9 Å². The van der Waals surface area contributed by atoms with Crippen molar-refractivity contribution < 1.29 is 14.1 Å². The van der Waals surface area contributed by atoms with Gasteiger partial charge in [0, 0.05) is 0 Å². The molecule has 2 aliphatic rings. The number of amides is 2. The van der Waals surface area contributed by atoms with Crippen molar-refractivity contribution in [2.75, 3.05) is 26.7 Å². The molecule has 112 valence electrons. The van der Waals surface area contributed by atoms with Gasteiger partial charge in [0.25, 0.3) is 11.8 Å². The number of carbonyl (C=O) groups excluding carboxylic acids is 2. The summed E-state index contributed by atoms with van der Waals surface area (Å²) in [5.74, 6) is -0.265. The Hall–Kier alpha value is -1.68. The molecule has 2 heterocycles. The van der Waals surface area contributed by atoms with Crippen LogP contribution in [0.1, 0.15) is 46.9 Å². The van der Waals surface area contributed by atoms with E-state index in [0.29, 0.717) is 11.1 Å². The molecular weight excluding hydrogens is 264 g/mol. The molecule has 1 atom stereocenters. The SMILES string of the molecule is CC(C[N+]1(C)CCCCC1)N1C(=O)c2ccccc2C1=O. The van der Waals surface area contributed by atoms with E-state index in [1.807, 2.05) is 19.1 Å². The Labute approximate surface area is 125 Å². The lowest BCUT2D eigenvalue weighted by Crippen LogP contribution is -2.55. The van der Waals surface area contributed by atoms with Gasteiger partial charge in [-0.3, -0.25) is 14.5 Å². The number of rotatable bonds is 3. The molecule has 1 aromatic rings. The number of quaternary nitrogens is 1. The maximum Gasteiger partial charge on any atom is 0.262 e. The Morgan fingerprint density at radius 3 is 2.10 bits per heavy atom. The van der Waals surface area contributed by atoms with Crippen LogP contribution in [0, 0.1) is 0 Å². The van der Waals surface area contributed by atoms with Crippen molar-refractivity contribution in [2.24, 2.45) is 0 Å². The van der Waals surface area contributed by atoms with Crippen molar-refractivity contribution in [1.82, 2.24) is 4.90 Å². The third kappa shape index (κ3) is 2.48. The summed E-state index contributed by atoms with van der Waals surface area (Å²) in [4.78, 5) is 26.4. The number of likely N-dealkylation sites (tertiary alicyclic amines) is 1. The Morgan fingerprint density at radius 1 is 1.05 bits per heavy atom.